The second kappa shape index (κ2) is 7.29. The third-order valence-corrected chi connectivity index (χ3v) is 3.55. The third kappa shape index (κ3) is 4.11. The number of aromatic hydroxyl groups is 1. The standard InChI is InChI=1S/C18H17ClO4/c1-3-23-18-7-5-12(19)9-14(18)17(22)10-16(21)13-8-11(2)4-6-15(13)20/h4-9,20H,3,10H2,1-2H3. The first-order valence-electron chi connectivity index (χ1n) is 7.20. The molecule has 0 radical (unpaired) electrons. The predicted molar refractivity (Wildman–Crippen MR) is 88.7 cm³/mol. The van der Waals surface area contributed by atoms with Gasteiger partial charge in [-0.25, -0.2) is 0 Å². The highest BCUT2D eigenvalue weighted by atomic mass is 35.5. The molecule has 1 N–H and O–H groups in total. The molecule has 4 nitrogen and oxygen atoms in total. The summed E-state index contributed by atoms with van der Waals surface area (Å²) in [4.78, 5) is 24.7. The van der Waals surface area contributed by atoms with Gasteiger partial charge in [0, 0.05) is 5.02 Å². The zero-order chi connectivity index (χ0) is 17.0. The van der Waals surface area contributed by atoms with E-state index >= 15 is 0 Å². The van der Waals surface area contributed by atoms with Crippen molar-refractivity contribution in [3.05, 3.63) is 58.1 Å². The quantitative estimate of drug-likeness (QED) is 0.635. The summed E-state index contributed by atoms with van der Waals surface area (Å²) < 4.78 is 5.40. The van der Waals surface area contributed by atoms with Crippen molar-refractivity contribution in [2.24, 2.45) is 0 Å². The lowest BCUT2D eigenvalue weighted by atomic mass is 9.99. The van der Waals surface area contributed by atoms with Crippen LogP contribution in [-0.2, 0) is 0 Å². The molecule has 0 saturated heterocycles. The molecule has 120 valence electrons. The van der Waals surface area contributed by atoms with E-state index in [1.807, 2.05) is 6.92 Å². The Balaban J connectivity index is 2.26. The fraction of sp³-hybridized carbons (Fsp3) is 0.222. The Bertz CT molecular complexity index is 753. The zero-order valence-electron chi connectivity index (χ0n) is 12.9. The fourth-order valence-electron chi connectivity index (χ4n) is 2.21. The highest BCUT2D eigenvalue weighted by Crippen LogP contribution is 2.26. The van der Waals surface area contributed by atoms with Crippen LogP contribution >= 0.6 is 11.6 Å². The predicted octanol–water partition coefficient (Wildman–Crippen LogP) is 4.21. The molecule has 0 unspecified atom stereocenters. The van der Waals surface area contributed by atoms with Crippen LogP contribution in [0.15, 0.2) is 36.4 Å². The third-order valence-electron chi connectivity index (χ3n) is 3.32. The van der Waals surface area contributed by atoms with Crippen LogP contribution in [-0.4, -0.2) is 23.3 Å². The van der Waals surface area contributed by atoms with Crippen LogP contribution in [0.3, 0.4) is 0 Å². The smallest absolute Gasteiger partial charge is 0.174 e. The average Bonchev–Trinajstić information content (AvgIpc) is 2.51. The van der Waals surface area contributed by atoms with Crippen molar-refractivity contribution in [1.82, 2.24) is 0 Å². The molecular formula is C18H17ClO4. The summed E-state index contributed by atoms with van der Waals surface area (Å²) in [7, 11) is 0. The van der Waals surface area contributed by atoms with Crippen molar-refractivity contribution >= 4 is 23.2 Å². The highest BCUT2D eigenvalue weighted by Gasteiger charge is 2.20. The van der Waals surface area contributed by atoms with E-state index in [2.05, 4.69) is 0 Å². The van der Waals surface area contributed by atoms with Gasteiger partial charge in [0.15, 0.2) is 11.6 Å². The lowest BCUT2D eigenvalue weighted by molar-refractivity contribution is 0.0891. The summed E-state index contributed by atoms with van der Waals surface area (Å²) in [5, 5.41) is 10.2. The van der Waals surface area contributed by atoms with Crippen molar-refractivity contribution in [1.29, 1.82) is 0 Å². The molecule has 0 fully saturated rings. The monoisotopic (exact) mass is 332 g/mol. The molecule has 0 spiro atoms. The van der Waals surface area contributed by atoms with Gasteiger partial charge in [0.1, 0.15) is 11.5 Å². The van der Waals surface area contributed by atoms with Crippen molar-refractivity contribution in [2.75, 3.05) is 6.61 Å². The maximum absolute atomic E-state index is 12.4. The Morgan fingerprint density at radius 3 is 2.48 bits per heavy atom. The van der Waals surface area contributed by atoms with Crippen LogP contribution in [0.4, 0.5) is 0 Å². The fourth-order valence-corrected chi connectivity index (χ4v) is 2.38. The number of hydrogen-bond acceptors (Lipinski definition) is 4. The van der Waals surface area contributed by atoms with Gasteiger partial charge in [0.05, 0.1) is 24.2 Å². The molecule has 0 aliphatic heterocycles. The van der Waals surface area contributed by atoms with E-state index in [1.54, 1.807) is 31.2 Å². The Hall–Kier alpha value is -2.33. The van der Waals surface area contributed by atoms with Crippen LogP contribution in [0.5, 0.6) is 11.5 Å². The highest BCUT2D eigenvalue weighted by molar-refractivity contribution is 6.31. The van der Waals surface area contributed by atoms with E-state index in [0.29, 0.717) is 17.4 Å². The lowest BCUT2D eigenvalue weighted by Gasteiger charge is -2.10. The molecular weight excluding hydrogens is 316 g/mol. The lowest BCUT2D eigenvalue weighted by Crippen LogP contribution is -2.11. The minimum atomic E-state index is -0.446. The number of rotatable bonds is 6. The molecule has 0 aromatic heterocycles. The Morgan fingerprint density at radius 1 is 1.09 bits per heavy atom. The number of phenolic OH excluding ortho intramolecular Hbond substituents is 1. The molecule has 0 atom stereocenters. The maximum atomic E-state index is 12.4. The minimum Gasteiger partial charge on any atom is -0.507 e. The largest absolute Gasteiger partial charge is 0.507 e. The summed E-state index contributed by atoms with van der Waals surface area (Å²) in [5.74, 6) is -0.590. The molecule has 0 amide bonds. The van der Waals surface area contributed by atoms with Gasteiger partial charge in [0.25, 0.3) is 0 Å². The molecule has 23 heavy (non-hydrogen) atoms. The molecule has 0 bridgehead atoms. The second-order valence-corrected chi connectivity index (χ2v) is 5.55. The second-order valence-electron chi connectivity index (χ2n) is 5.12. The van der Waals surface area contributed by atoms with E-state index in [1.165, 1.54) is 12.1 Å². The number of hydrogen-bond donors (Lipinski definition) is 1. The van der Waals surface area contributed by atoms with E-state index < -0.39 is 11.6 Å². The number of ether oxygens (including phenoxy) is 1. The topological polar surface area (TPSA) is 63.6 Å². The number of carbonyl (C=O) groups is 2. The number of phenols is 1. The summed E-state index contributed by atoms with van der Waals surface area (Å²) in [6.07, 6.45) is -0.364. The van der Waals surface area contributed by atoms with Crippen molar-refractivity contribution in [2.45, 2.75) is 20.3 Å². The number of aryl methyl sites for hydroxylation is 1. The number of carbonyl (C=O) groups excluding carboxylic acids is 2. The van der Waals surface area contributed by atoms with Crippen LogP contribution in [0.2, 0.25) is 5.02 Å². The SMILES string of the molecule is CCOc1ccc(Cl)cc1C(=O)CC(=O)c1cc(C)ccc1O. The molecule has 0 saturated carbocycles. The molecule has 5 heteroatoms. The normalized spacial score (nSPS) is 10.4. The van der Waals surface area contributed by atoms with E-state index in [0.717, 1.165) is 5.56 Å². The van der Waals surface area contributed by atoms with E-state index in [9.17, 15) is 14.7 Å². The summed E-state index contributed by atoms with van der Waals surface area (Å²) >= 11 is 5.93. The van der Waals surface area contributed by atoms with Gasteiger partial charge in [0.2, 0.25) is 0 Å². The molecule has 2 aromatic rings. The van der Waals surface area contributed by atoms with Gasteiger partial charge >= 0.3 is 0 Å². The number of ketones is 2. The van der Waals surface area contributed by atoms with Crippen molar-refractivity contribution in [3.8, 4) is 11.5 Å². The van der Waals surface area contributed by atoms with Gasteiger partial charge in [-0.3, -0.25) is 9.59 Å². The van der Waals surface area contributed by atoms with Gasteiger partial charge in [-0.1, -0.05) is 23.2 Å². The van der Waals surface area contributed by atoms with Crippen molar-refractivity contribution < 1.29 is 19.4 Å². The van der Waals surface area contributed by atoms with Crippen LogP contribution in [0.25, 0.3) is 0 Å². The minimum absolute atomic E-state index is 0.135. The molecule has 2 rings (SSSR count). The molecule has 0 aliphatic rings. The number of halogens is 1. The number of Topliss-reactive ketones (excluding diaryl/α,β-unsaturated/α-hetero) is 2. The summed E-state index contributed by atoms with van der Waals surface area (Å²) in [5.41, 5.74) is 1.23. The molecule has 0 aliphatic carbocycles. The van der Waals surface area contributed by atoms with Gasteiger partial charge < -0.3 is 9.84 Å². The molecule has 0 heterocycles. The molecule has 2 aromatic carbocycles. The van der Waals surface area contributed by atoms with Crippen LogP contribution in [0, 0.1) is 6.92 Å². The first-order chi connectivity index (χ1) is 10.9. The zero-order valence-corrected chi connectivity index (χ0v) is 13.7. The Labute approximate surface area is 139 Å². The van der Waals surface area contributed by atoms with Gasteiger partial charge in [-0.05, 0) is 44.2 Å². The average molecular weight is 333 g/mol. The first kappa shape index (κ1) is 17.0. The first-order valence-corrected chi connectivity index (χ1v) is 7.58. The maximum Gasteiger partial charge on any atom is 0.174 e. The summed E-state index contributed by atoms with van der Waals surface area (Å²) in [6.45, 7) is 4.01. The van der Waals surface area contributed by atoms with Crippen LogP contribution in [0.1, 0.15) is 39.6 Å². The van der Waals surface area contributed by atoms with Crippen LogP contribution < -0.4 is 4.74 Å². The van der Waals surface area contributed by atoms with Crippen molar-refractivity contribution in [3.63, 3.8) is 0 Å². The van der Waals surface area contributed by atoms with Gasteiger partial charge in [-0.2, -0.15) is 0 Å². The Morgan fingerprint density at radius 2 is 1.78 bits per heavy atom. The summed E-state index contributed by atoms with van der Waals surface area (Å²) in [6, 6.07) is 9.41. The van der Waals surface area contributed by atoms with Gasteiger partial charge in [-0.15, -0.1) is 0 Å². The Kier molecular flexibility index (Phi) is 5.40. The number of benzene rings is 2. The van der Waals surface area contributed by atoms with E-state index in [4.69, 9.17) is 16.3 Å². The van der Waals surface area contributed by atoms with E-state index in [-0.39, 0.29) is 23.3 Å².